The summed E-state index contributed by atoms with van der Waals surface area (Å²) in [5.74, 6) is 0. The van der Waals surface area contributed by atoms with Gasteiger partial charge in [-0.2, -0.15) is 20.4 Å². The molecule has 0 bridgehead atoms. The van der Waals surface area contributed by atoms with E-state index >= 15 is 0 Å². The molecule has 0 fully saturated rings. The Labute approximate surface area is 120 Å². The van der Waals surface area contributed by atoms with Gasteiger partial charge in [0.25, 0.3) is 0 Å². The molecule has 0 saturated carbocycles. The predicted octanol–water partition coefficient (Wildman–Crippen LogP) is 0.169. The molecule has 0 aliphatic heterocycles. The Balaban J connectivity index is 0.000000284. The molecule has 0 aromatic carbocycles. The number of aryl methyl sites for hydroxylation is 2. The van der Waals surface area contributed by atoms with E-state index in [-0.39, 0.29) is 17.1 Å². The smallest absolute Gasteiger partial charge is 0.738 e. The summed E-state index contributed by atoms with van der Waals surface area (Å²) in [6, 6.07) is 0. The molecule has 9 heteroatoms. The Morgan fingerprint density at radius 2 is 1.12 bits per heavy atom. The third-order valence-electron chi connectivity index (χ3n) is 1.31. The largest absolute Gasteiger partial charge is 2.00 e. The van der Waals surface area contributed by atoms with Crippen LogP contribution in [-0.4, -0.2) is 30.4 Å². The molecule has 6 nitrogen and oxygen atoms in total. The maximum atomic E-state index is 4.59. The van der Waals surface area contributed by atoms with Gasteiger partial charge in [-0.05, 0) is 13.8 Å². The van der Waals surface area contributed by atoms with E-state index < -0.39 is 0 Å². The van der Waals surface area contributed by atoms with Crippen molar-refractivity contribution in [3.63, 3.8) is 0 Å². The molecule has 2 aromatic rings. The van der Waals surface area contributed by atoms with E-state index in [1.54, 1.807) is 12.4 Å². The van der Waals surface area contributed by atoms with Gasteiger partial charge >= 0.3 is 17.1 Å². The van der Waals surface area contributed by atoms with Crippen LogP contribution < -0.4 is 0 Å². The molecule has 0 amide bonds. The number of hydrogen-bond donors (Lipinski definition) is 0. The van der Waals surface area contributed by atoms with Crippen LogP contribution in [0, 0.1) is 13.8 Å². The number of nitrogens with zero attached hydrogens (tertiary/aromatic N) is 6. The Morgan fingerprint density at radius 3 is 1.29 bits per heavy atom. The van der Waals surface area contributed by atoms with E-state index in [4.69, 9.17) is 0 Å². The van der Waals surface area contributed by atoms with Crippen LogP contribution in [0.4, 0.5) is 0 Å². The van der Waals surface area contributed by atoms with Crippen molar-refractivity contribution in [3.05, 3.63) is 23.8 Å². The molecule has 17 heavy (non-hydrogen) atoms. The maximum absolute atomic E-state index is 4.59. The summed E-state index contributed by atoms with van der Waals surface area (Å²) in [6.07, 6.45) is 3.19. The Hall–Kier alpha value is -1.02. The Bertz CT molecular complexity index is 349. The van der Waals surface area contributed by atoms with E-state index in [1.165, 1.54) is 0 Å². The molecule has 0 aliphatic rings. The second-order valence-electron chi connectivity index (χ2n) is 2.76. The minimum absolute atomic E-state index is 0. The van der Waals surface area contributed by atoms with Crippen molar-refractivity contribution in [1.29, 1.82) is 0 Å². The van der Waals surface area contributed by atoms with Crippen molar-refractivity contribution < 1.29 is 17.1 Å². The first-order valence-corrected chi connectivity index (χ1v) is 5.06. The zero-order chi connectivity index (χ0) is 12.0. The molecule has 2 rings (SSSR count). The van der Waals surface area contributed by atoms with Gasteiger partial charge in [-0.3, -0.25) is 9.97 Å². The first-order chi connectivity index (χ1) is 7.58. The van der Waals surface area contributed by atoms with Crippen LogP contribution in [0.2, 0.25) is 0 Å². The number of hydrogen-bond acceptors (Lipinski definition) is 8. The molecular weight excluding hydrogens is 308 g/mol. The number of aromatic nitrogens is 6. The molecule has 0 atom stereocenters. The zero-order valence-electron chi connectivity index (χ0n) is 8.96. The van der Waals surface area contributed by atoms with Crippen LogP contribution >= 0.6 is 0 Å². The molecule has 0 N–H and O–H groups in total. The average Bonchev–Trinajstić information content (AvgIpc) is 2.28. The van der Waals surface area contributed by atoms with Gasteiger partial charge in [0, 0.05) is 22.7 Å². The zero-order valence-corrected chi connectivity index (χ0v) is 11.5. The van der Waals surface area contributed by atoms with Crippen LogP contribution in [0.3, 0.4) is 0 Å². The maximum Gasteiger partial charge on any atom is 2.00 e. The first-order valence-electron chi connectivity index (χ1n) is 4.24. The molecule has 2 heterocycles. The van der Waals surface area contributed by atoms with Crippen molar-refractivity contribution in [2.45, 2.75) is 24.2 Å². The number of rotatable bonds is 0. The summed E-state index contributed by atoms with van der Waals surface area (Å²) >= 11 is 9.17. The van der Waals surface area contributed by atoms with Crippen LogP contribution in [0.25, 0.3) is 0 Å². The fourth-order valence-corrected chi connectivity index (χ4v) is 0.831. The molecular formula is C8H8CuN6S2. The fraction of sp³-hybridized carbons (Fsp3) is 0.250. The minimum atomic E-state index is 0. The molecule has 0 saturated heterocycles. The Kier molecular flexibility index (Phi) is 7.64. The Morgan fingerprint density at radius 1 is 0.765 bits per heavy atom. The molecule has 0 unspecified atom stereocenters. The van der Waals surface area contributed by atoms with Gasteiger partial charge < -0.3 is 25.3 Å². The molecule has 1 radical (unpaired) electrons. The van der Waals surface area contributed by atoms with Gasteiger partial charge in [-0.25, -0.2) is 0 Å². The van der Waals surface area contributed by atoms with Gasteiger partial charge in [-0.1, -0.05) is 0 Å². The van der Waals surface area contributed by atoms with Crippen LogP contribution in [-0.2, 0) is 42.3 Å². The standard InChI is InChI=1S/2C4H5N3S.Cu/c2*1-3-2-5-4(8)7-6-3;/h2*2H,1H3,(H,5,7,8);/q;;+2/p-2. The van der Waals surface area contributed by atoms with Crippen LogP contribution in [0.5, 0.6) is 0 Å². The normalized spacial score (nSPS) is 8.59. The monoisotopic (exact) mass is 315 g/mol. The van der Waals surface area contributed by atoms with Crippen LogP contribution in [0.1, 0.15) is 11.4 Å². The van der Waals surface area contributed by atoms with E-state index in [0.29, 0.717) is 10.3 Å². The second kappa shape index (κ2) is 8.13. The van der Waals surface area contributed by atoms with Gasteiger partial charge in [0.2, 0.25) is 0 Å². The van der Waals surface area contributed by atoms with Crippen LogP contribution in [0.15, 0.2) is 22.7 Å². The van der Waals surface area contributed by atoms with Crippen molar-refractivity contribution in [1.82, 2.24) is 30.4 Å². The summed E-state index contributed by atoms with van der Waals surface area (Å²) in [6.45, 7) is 3.63. The SMILES string of the molecule is Cc1cnc([S-])nn1.Cc1cnc([S-])nn1.[Cu+2]. The summed E-state index contributed by atoms with van der Waals surface area (Å²) < 4.78 is 0. The summed E-state index contributed by atoms with van der Waals surface area (Å²) in [4.78, 5) is 7.44. The topological polar surface area (TPSA) is 77.3 Å². The van der Waals surface area contributed by atoms with E-state index in [0.717, 1.165) is 11.4 Å². The van der Waals surface area contributed by atoms with E-state index in [9.17, 15) is 0 Å². The quantitative estimate of drug-likeness (QED) is 0.503. The second-order valence-corrected chi connectivity index (χ2v) is 3.49. The third-order valence-corrected chi connectivity index (χ3v) is 1.68. The van der Waals surface area contributed by atoms with Crippen molar-refractivity contribution >= 4 is 25.3 Å². The van der Waals surface area contributed by atoms with E-state index in [1.807, 2.05) is 13.8 Å². The average molecular weight is 316 g/mol. The molecule has 0 spiro atoms. The summed E-state index contributed by atoms with van der Waals surface area (Å²) in [5, 5.41) is 15.0. The molecule has 93 valence electrons. The van der Waals surface area contributed by atoms with Crippen molar-refractivity contribution in [2.75, 3.05) is 0 Å². The van der Waals surface area contributed by atoms with Crippen molar-refractivity contribution in [3.8, 4) is 0 Å². The summed E-state index contributed by atoms with van der Waals surface area (Å²) in [7, 11) is 0. The fourth-order valence-electron chi connectivity index (χ4n) is 0.644. The van der Waals surface area contributed by atoms with Gasteiger partial charge in [-0.15, -0.1) is 0 Å². The molecule has 2 aromatic heterocycles. The van der Waals surface area contributed by atoms with E-state index in [2.05, 4.69) is 55.6 Å². The van der Waals surface area contributed by atoms with Gasteiger partial charge in [0.05, 0.1) is 11.4 Å². The summed E-state index contributed by atoms with van der Waals surface area (Å²) in [5.41, 5.74) is 1.58. The molecule has 0 aliphatic carbocycles. The van der Waals surface area contributed by atoms with Gasteiger partial charge in [0.1, 0.15) is 0 Å². The first kappa shape index (κ1) is 16.0. The predicted molar refractivity (Wildman–Crippen MR) is 60.4 cm³/mol. The minimum Gasteiger partial charge on any atom is -0.738 e. The van der Waals surface area contributed by atoms with Crippen molar-refractivity contribution in [2.24, 2.45) is 0 Å². The van der Waals surface area contributed by atoms with Gasteiger partial charge in [0.15, 0.2) is 0 Å². The third kappa shape index (κ3) is 7.01.